The van der Waals surface area contributed by atoms with Crippen molar-refractivity contribution in [1.82, 2.24) is 0 Å². The molecular weight excluding hydrogens is 139 g/mol. The zero-order valence-corrected chi connectivity index (χ0v) is 9.27. The van der Waals surface area contributed by atoms with E-state index in [4.69, 9.17) is 5.11 Å². The van der Waals surface area contributed by atoms with Crippen molar-refractivity contribution in [3.05, 3.63) is 0 Å². The zero-order chi connectivity index (χ0) is 7.49. The van der Waals surface area contributed by atoms with Crippen LogP contribution in [0.5, 0.6) is 0 Å². The van der Waals surface area contributed by atoms with E-state index in [-0.39, 0.29) is 42.8 Å². The van der Waals surface area contributed by atoms with Crippen molar-refractivity contribution in [2.45, 2.75) is 33.6 Å². The molecule has 0 aliphatic rings. The molecule has 0 unspecified atom stereocenters. The number of hydrogen-bond donors (Lipinski definition) is 1. The molecule has 0 aliphatic carbocycles. The van der Waals surface area contributed by atoms with Crippen LogP contribution in [0.15, 0.2) is 0 Å². The first-order valence-electron chi connectivity index (χ1n) is 3.13. The van der Waals surface area contributed by atoms with Gasteiger partial charge in [0.2, 0.25) is 0 Å². The van der Waals surface area contributed by atoms with Crippen LogP contribution in [0.4, 0.5) is 0 Å². The molecule has 0 saturated heterocycles. The fourth-order valence-corrected chi connectivity index (χ4v) is 0.482. The second-order valence-corrected chi connectivity index (χ2v) is 3.45. The van der Waals surface area contributed by atoms with E-state index in [1.165, 1.54) is 0 Å². The Balaban J connectivity index is -0.000000320. The molecule has 0 spiro atoms. The van der Waals surface area contributed by atoms with Gasteiger partial charge in [0.1, 0.15) is 0 Å². The molecule has 0 fully saturated rings. The third kappa shape index (κ3) is 11.3. The van der Waals surface area contributed by atoms with E-state index in [0.29, 0.717) is 0 Å². The number of carboxylic acids is 1. The number of rotatable bonds is 2. The van der Waals surface area contributed by atoms with Gasteiger partial charge in [-0.2, -0.15) is 0 Å². The number of carbonyl (C=O) groups is 1. The largest absolute Gasteiger partial charge is 1.00 e. The number of hydrogen-bond acceptors (Lipinski definition) is 1. The first-order chi connectivity index (χ1) is 3.92. The van der Waals surface area contributed by atoms with Crippen molar-refractivity contribution in [2.75, 3.05) is 0 Å². The summed E-state index contributed by atoms with van der Waals surface area (Å²) in [5.41, 5.74) is 0.151. The van der Waals surface area contributed by atoms with E-state index >= 15 is 0 Å². The Morgan fingerprint density at radius 1 is 1.50 bits per heavy atom. The van der Waals surface area contributed by atoms with Crippen LogP contribution in [0.1, 0.15) is 35.0 Å². The summed E-state index contributed by atoms with van der Waals surface area (Å²) in [5.74, 6) is -0.704. The van der Waals surface area contributed by atoms with E-state index in [2.05, 4.69) is 0 Å². The van der Waals surface area contributed by atoms with E-state index < -0.39 is 5.97 Å². The summed E-state index contributed by atoms with van der Waals surface area (Å²) in [6.45, 7) is 6.11. The summed E-state index contributed by atoms with van der Waals surface area (Å²) in [7, 11) is 0. The summed E-state index contributed by atoms with van der Waals surface area (Å²) in [5, 5.41) is 8.28. The molecule has 0 aromatic carbocycles. The van der Waals surface area contributed by atoms with Gasteiger partial charge < -0.3 is 6.53 Å². The molecular formula is C7H15NaO2. The van der Waals surface area contributed by atoms with Crippen molar-refractivity contribution >= 4 is 5.97 Å². The summed E-state index contributed by atoms with van der Waals surface area (Å²) in [6.07, 6.45) is 1.03. The summed E-state index contributed by atoms with van der Waals surface area (Å²) >= 11 is 0. The van der Waals surface area contributed by atoms with E-state index in [1.807, 2.05) is 20.8 Å². The van der Waals surface area contributed by atoms with Crippen LogP contribution in [0, 0.1) is 5.41 Å². The van der Waals surface area contributed by atoms with Crippen LogP contribution in [-0.2, 0) is 4.79 Å². The molecule has 0 rings (SSSR count). The molecule has 0 atom stereocenters. The fourth-order valence-electron chi connectivity index (χ4n) is 0.482. The SMILES string of the molecule is CC(C)(C)CCC(=O)O.[H-].[Na+]. The van der Waals surface area contributed by atoms with Crippen LogP contribution in [-0.4, -0.2) is 11.1 Å². The summed E-state index contributed by atoms with van der Waals surface area (Å²) in [4.78, 5) is 10.0. The molecule has 0 aromatic heterocycles. The van der Waals surface area contributed by atoms with E-state index in [0.717, 1.165) is 6.42 Å². The summed E-state index contributed by atoms with van der Waals surface area (Å²) in [6, 6.07) is 0. The Labute approximate surface area is 85.8 Å². The quantitative estimate of drug-likeness (QED) is 0.519. The Morgan fingerprint density at radius 3 is 2.00 bits per heavy atom. The van der Waals surface area contributed by atoms with Crippen LogP contribution in [0.25, 0.3) is 0 Å². The van der Waals surface area contributed by atoms with E-state index in [1.54, 1.807) is 0 Å². The van der Waals surface area contributed by atoms with Gasteiger partial charge in [-0.15, -0.1) is 0 Å². The minimum atomic E-state index is -0.704. The normalized spacial score (nSPS) is 10.3. The molecule has 10 heavy (non-hydrogen) atoms. The smallest absolute Gasteiger partial charge is 1.00 e. The van der Waals surface area contributed by atoms with Gasteiger partial charge in [0, 0.05) is 6.42 Å². The Kier molecular flexibility index (Phi) is 6.76. The second kappa shape index (κ2) is 5.16. The molecule has 1 N–H and O–H groups in total. The minimum Gasteiger partial charge on any atom is -1.00 e. The van der Waals surface area contributed by atoms with Gasteiger partial charge in [-0.3, -0.25) is 4.79 Å². The standard InChI is InChI=1S/C7H14O2.Na.H/c1-7(2,3)5-4-6(8)9;;/h4-5H2,1-3H3,(H,8,9);;/q;+1;-1. The zero-order valence-electron chi connectivity index (χ0n) is 8.27. The molecule has 3 heteroatoms. The molecule has 0 amide bonds. The average molecular weight is 154 g/mol. The second-order valence-electron chi connectivity index (χ2n) is 3.45. The molecule has 0 saturated carbocycles. The van der Waals surface area contributed by atoms with Gasteiger partial charge in [0.15, 0.2) is 0 Å². The van der Waals surface area contributed by atoms with E-state index in [9.17, 15) is 4.79 Å². The Hall–Kier alpha value is 0.470. The van der Waals surface area contributed by atoms with Gasteiger partial charge in [-0.25, -0.2) is 0 Å². The van der Waals surface area contributed by atoms with Crippen molar-refractivity contribution in [3.8, 4) is 0 Å². The first kappa shape index (κ1) is 13.1. The molecule has 0 heterocycles. The predicted molar refractivity (Wildman–Crippen MR) is 37.4 cm³/mol. The van der Waals surface area contributed by atoms with Gasteiger partial charge in [0.25, 0.3) is 0 Å². The number of aliphatic carboxylic acids is 1. The maximum atomic E-state index is 10.0. The Bertz CT molecular complexity index is 109. The fraction of sp³-hybridized carbons (Fsp3) is 0.857. The third-order valence-electron chi connectivity index (χ3n) is 1.09. The van der Waals surface area contributed by atoms with Gasteiger partial charge in [0.05, 0.1) is 0 Å². The Morgan fingerprint density at radius 2 is 1.90 bits per heavy atom. The molecule has 0 aliphatic heterocycles. The molecule has 0 radical (unpaired) electrons. The van der Waals surface area contributed by atoms with Gasteiger partial charge in [-0.05, 0) is 11.8 Å². The van der Waals surface area contributed by atoms with Crippen LogP contribution in [0.3, 0.4) is 0 Å². The van der Waals surface area contributed by atoms with Crippen molar-refractivity contribution in [1.29, 1.82) is 0 Å². The van der Waals surface area contributed by atoms with Crippen molar-refractivity contribution in [2.24, 2.45) is 5.41 Å². The minimum absolute atomic E-state index is 0. The summed E-state index contributed by atoms with van der Waals surface area (Å²) < 4.78 is 0. The molecule has 0 bridgehead atoms. The third-order valence-corrected chi connectivity index (χ3v) is 1.09. The van der Waals surface area contributed by atoms with Gasteiger partial charge in [-0.1, -0.05) is 20.8 Å². The van der Waals surface area contributed by atoms with Gasteiger partial charge >= 0.3 is 35.5 Å². The van der Waals surface area contributed by atoms with Crippen molar-refractivity contribution in [3.63, 3.8) is 0 Å². The topological polar surface area (TPSA) is 37.3 Å². The maximum Gasteiger partial charge on any atom is 1.00 e. The maximum absolute atomic E-state index is 10.0. The number of carboxylic acid groups (broad SMARTS) is 1. The predicted octanol–water partition coefficient (Wildman–Crippen LogP) is -0.986. The van der Waals surface area contributed by atoms with Crippen molar-refractivity contribution < 1.29 is 40.9 Å². The van der Waals surface area contributed by atoms with Crippen LogP contribution in [0.2, 0.25) is 0 Å². The monoisotopic (exact) mass is 154 g/mol. The van der Waals surface area contributed by atoms with Crippen LogP contribution < -0.4 is 29.6 Å². The molecule has 2 nitrogen and oxygen atoms in total. The molecule has 56 valence electrons. The average Bonchev–Trinajstić information content (AvgIpc) is 1.59. The van der Waals surface area contributed by atoms with Crippen LogP contribution >= 0.6 is 0 Å². The first-order valence-corrected chi connectivity index (χ1v) is 3.13. The molecule has 0 aromatic rings.